The van der Waals surface area contributed by atoms with Gasteiger partial charge >= 0.3 is 0 Å². The summed E-state index contributed by atoms with van der Waals surface area (Å²) in [6.45, 7) is 1.26. The number of amides is 3. The predicted molar refractivity (Wildman–Crippen MR) is 62.7 cm³/mol. The number of carbonyl (C=O) groups excluding carboxylic acids is 3. The molecule has 0 saturated carbocycles. The molecule has 3 amide bonds. The fraction of sp³-hybridized carbons (Fsp3) is 0.250. The van der Waals surface area contributed by atoms with Crippen LogP contribution in [0.2, 0.25) is 0 Å². The summed E-state index contributed by atoms with van der Waals surface area (Å²) in [6, 6.07) is 4.84. The zero-order valence-corrected chi connectivity index (χ0v) is 10.1. The van der Waals surface area contributed by atoms with Crippen molar-refractivity contribution in [2.75, 3.05) is 13.1 Å². The number of nitrogens with zero attached hydrogens (tertiary/aromatic N) is 3. The lowest BCUT2D eigenvalue weighted by Gasteiger charge is -2.25. The summed E-state index contributed by atoms with van der Waals surface area (Å²) in [6.07, 6.45) is 0. The van der Waals surface area contributed by atoms with Gasteiger partial charge in [0, 0.05) is 0 Å². The average molecular weight is 258 g/mol. The van der Waals surface area contributed by atoms with Crippen LogP contribution in [0, 0.1) is 18.3 Å². The van der Waals surface area contributed by atoms with Gasteiger partial charge in [0.05, 0.1) is 11.3 Å². The van der Waals surface area contributed by atoms with Gasteiger partial charge in [-0.1, -0.05) is 0 Å². The topological polar surface area (TPSA) is 103 Å². The van der Waals surface area contributed by atoms with E-state index in [1.165, 1.54) is 12.1 Å². The van der Waals surface area contributed by atoms with Crippen LogP contribution in [0.5, 0.6) is 0 Å². The van der Waals surface area contributed by atoms with Gasteiger partial charge in [0.2, 0.25) is 11.8 Å². The Morgan fingerprint density at radius 3 is 2.53 bits per heavy atom. The van der Waals surface area contributed by atoms with E-state index in [-0.39, 0.29) is 18.8 Å². The monoisotopic (exact) mass is 258 g/mol. The lowest BCUT2D eigenvalue weighted by Crippen LogP contribution is -2.53. The summed E-state index contributed by atoms with van der Waals surface area (Å²) < 4.78 is 0. The summed E-state index contributed by atoms with van der Waals surface area (Å²) in [5.41, 5.74) is 0.921. The van der Waals surface area contributed by atoms with Gasteiger partial charge < -0.3 is 4.90 Å². The Hall–Kier alpha value is -2.75. The molecule has 1 aliphatic rings. The van der Waals surface area contributed by atoms with Crippen LogP contribution in [0.4, 0.5) is 0 Å². The minimum absolute atomic E-state index is 0.110. The Balaban J connectivity index is 2.25. The van der Waals surface area contributed by atoms with Gasteiger partial charge in [-0.3, -0.25) is 19.7 Å². The molecule has 0 spiro atoms. The first-order valence-electron chi connectivity index (χ1n) is 5.51. The van der Waals surface area contributed by atoms with E-state index in [2.05, 4.69) is 10.3 Å². The van der Waals surface area contributed by atoms with Crippen LogP contribution in [-0.2, 0) is 9.59 Å². The van der Waals surface area contributed by atoms with Crippen molar-refractivity contribution in [1.29, 1.82) is 5.26 Å². The van der Waals surface area contributed by atoms with E-state index < -0.39 is 17.7 Å². The standard InChI is InChI=1S/C12H10N4O3/c1-7-8(4-13)2-3-9(14-7)12(19)16-5-10(17)15-11(18)6-16/h2-3H,5-6H2,1H3,(H,15,17,18). The molecule has 0 unspecified atom stereocenters. The summed E-state index contributed by atoms with van der Waals surface area (Å²) in [4.78, 5) is 39.6. The third-order valence-corrected chi connectivity index (χ3v) is 2.66. The van der Waals surface area contributed by atoms with Gasteiger partial charge in [0.15, 0.2) is 0 Å². The molecule has 7 heteroatoms. The van der Waals surface area contributed by atoms with E-state index in [1.54, 1.807) is 6.92 Å². The second-order valence-electron chi connectivity index (χ2n) is 4.07. The summed E-state index contributed by atoms with van der Waals surface area (Å²) >= 11 is 0. The molecule has 2 heterocycles. The number of nitriles is 1. The molecule has 7 nitrogen and oxygen atoms in total. The maximum Gasteiger partial charge on any atom is 0.273 e. The molecule has 1 fully saturated rings. The maximum absolute atomic E-state index is 12.1. The van der Waals surface area contributed by atoms with Gasteiger partial charge in [0.1, 0.15) is 24.9 Å². The molecule has 0 atom stereocenters. The first-order chi connectivity index (χ1) is 9.01. The van der Waals surface area contributed by atoms with Crippen LogP contribution >= 0.6 is 0 Å². The molecule has 0 bridgehead atoms. The van der Waals surface area contributed by atoms with E-state index in [4.69, 9.17) is 5.26 Å². The first-order valence-corrected chi connectivity index (χ1v) is 5.51. The van der Waals surface area contributed by atoms with Crippen molar-refractivity contribution >= 4 is 17.7 Å². The van der Waals surface area contributed by atoms with Crippen molar-refractivity contribution in [1.82, 2.24) is 15.2 Å². The Morgan fingerprint density at radius 2 is 2.00 bits per heavy atom. The molecule has 1 aliphatic heterocycles. The van der Waals surface area contributed by atoms with Crippen molar-refractivity contribution in [3.05, 3.63) is 29.1 Å². The minimum atomic E-state index is -0.519. The third-order valence-electron chi connectivity index (χ3n) is 2.66. The van der Waals surface area contributed by atoms with Crippen molar-refractivity contribution in [3.63, 3.8) is 0 Å². The number of aryl methyl sites for hydroxylation is 1. The van der Waals surface area contributed by atoms with Crippen LogP contribution < -0.4 is 5.32 Å². The highest BCUT2D eigenvalue weighted by atomic mass is 16.2. The smallest absolute Gasteiger partial charge is 0.273 e. The van der Waals surface area contributed by atoms with E-state index in [0.29, 0.717) is 11.3 Å². The molecule has 96 valence electrons. The van der Waals surface area contributed by atoms with Crippen LogP contribution in [0.1, 0.15) is 21.7 Å². The zero-order chi connectivity index (χ0) is 14.0. The molecule has 0 aromatic carbocycles. The number of nitrogens with one attached hydrogen (secondary N) is 1. The van der Waals surface area contributed by atoms with Gasteiger partial charge in [0.25, 0.3) is 5.91 Å². The predicted octanol–water partition coefficient (Wildman–Crippen LogP) is -0.640. The van der Waals surface area contributed by atoms with Gasteiger partial charge in [-0.25, -0.2) is 4.98 Å². The number of carbonyl (C=O) groups is 3. The van der Waals surface area contributed by atoms with Gasteiger partial charge in [-0.2, -0.15) is 5.26 Å². The molecule has 0 radical (unpaired) electrons. The number of pyridine rings is 1. The number of hydrogen-bond acceptors (Lipinski definition) is 5. The Labute approximate surface area is 108 Å². The number of imide groups is 1. The number of rotatable bonds is 1. The summed E-state index contributed by atoms with van der Waals surface area (Å²) in [5.74, 6) is -1.54. The maximum atomic E-state index is 12.1. The lowest BCUT2D eigenvalue weighted by molar-refractivity contribution is -0.135. The average Bonchev–Trinajstić information content (AvgIpc) is 2.36. The molecule has 0 aliphatic carbocycles. The van der Waals surface area contributed by atoms with Crippen molar-refractivity contribution < 1.29 is 14.4 Å². The Kier molecular flexibility index (Phi) is 3.25. The lowest BCUT2D eigenvalue weighted by atomic mass is 10.2. The number of aromatic nitrogens is 1. The summed E-state index contributed by atoms with van der Waals surface area (Å²) in [5, 5.41) is 10.9. The summed E-state index contributed by atoms with van der Waals surface area (Å²) in [7, 11) is 0. The molecular weight excluding hydrogens is 248 g/mol. The van der Waals surface area contributed by atoms with Crippen LogP contribution in [0.3, 0.4) is 0 Å². The number of hydrogen-bond donors (Lipinski definition) is 1. The van der Waals surface area contributed by atoms with Crippen LogP contribution in [0.25, 0.3) is 0 Å². The van der Waals surface area contributed by atoms with Gasteiger partial charge in [-0.15, -0.1) is 0 Å². The highest BCUT2D eigenvalue weighted by Gasteiger charge is 2.27. The molecule has 1 N–H and O–H groups in total. The fourth-order valence-electron chi connectivity index (χ4n) is 1.74. The van der Waals surface area contributed by atoms with E-state index in [0.717, 1.165) is 4.90 Å². The molecular formula is C12H10N4O3. The zero-order valence-electron chi connectivity index (χ0n) is 10.1. The van der Waals surface area contributed by atoms with Crippen LogP contribution in [-0.4, -0.2) is 40.7 Å². The highest BCUT2D eigenvalue weighted by Crippen LogP contribution is 2.09. The second-order valence-corrected chi connectivity index (χ2v) is 4.07. The SMILES string of the molecule is Cc1nc(C(=O)N2CC(=O)NC(=O)C2)ccc1C#N. The van der Waals surface area contributed by atoms with Crippen molar-refractivity contribution in [2.45, 2.75) is 6.92 Å². The minimum Gasteiger partial charge on any atom is -0.319 e. The molecule has 2 rings (SSSR count). The van der Waals surface area contributed by atoms with Crippen molar-refractivity contribution in [2.24, 2.45) is 0 Å². The van der Waals surface area contributed by atoms with Crippen molar-refractivity contribution in [3.8, 4) is 6.07 Å². The first kappa shape index (κ1) is 12.7. The number of piperazine rings is 1. The van der Waals surface area contributed by atoms with Gasteiger partial charge in [-0.05, 0) is 19.1 Å². The molecule has 19 heavy (non-hydrogen) atoms. The van der Waals surface area contributed by atoms with E-state index in [1.807, 2.05) is 6.07 Å². The molecule has 1 aromatic rings. The Morgan fingerprint density at radius 1 is 1.37 bits per heavy atom. The molecule has 1 aromatic heterocycles. The molecule has 1 saturated heterocycles. The van der Waals surface area contributed by atoms with Crippen LogP contribution in [0.15, 0.2) is 12.1 Å². The van der Waals surface area contributed by atoms with E-state index in [9.17, 15) is 14.4 Å². The van der Waals surface area contributed by atoms with E-state index >= 15 is 0 Å². The highest BCUT2D eigenvalue weighted by molar-refractivity contribution is 6.05. The quantitative estimate of drug-likeness (QED) is 0.675. The largest absolute Gasteiger partial charge is 0.319 e. The fourth-order valence-corrected chi connectivity index (χ4v) is 1.74. The third kappa shape index (κ3) is 2.57. The Bertz CT molecular complexity index is 602. The second kappa shape index (κ2) is 4.86. The normalized spacial score (nSPS) is 14.8.